The molecule has 1 aliphatic carbocycles. The molecule has 0 radical (unpaired) electrons. The van der Waals surface area contributed by atoms with E-state index in [0.29, 0.717) is 13.0 Å². The first-order chi connectivity index (χ1) is 13.7. The van der Waals surface area contributed by atoms with Crippen LogP contribution in [0.1, 0.15) is 30.4 Å². The highest BCUT2D eigenvalue weighted by molar-refractivity contribution is 5.67. The number of nitrogens with zero attached hydrogens (tertiary/aromatic N) is 2. The summed E-state index contributed by atoms with van der Waals surface area (Å²) in [7, 11) is 0. The first kappa shape index (κ1) is 19.1. The molecule has 28 heavy (non-hydrogen) atoms. The number of hydrogen-bond donors (Lipinski definition) is 1. The monoisotopic (exact) mass is 379 g/mol. The van der Waals surface area contributed by atoms with Gasteiger partial charge in [-0.25, -0.2) is 4.79 Å². The molecule has 1 heterocycles. The van der Waals surface area contributed by atoms with Crippen LogP contribution in [0.25, 0.3) is 0 Å². The minimum Gasteiger partial charge on any atom is -0.627 e. The van der Waals surface area contributed by atoms with Gasteiger partial charge in [0.25, 0.3) is 0 Å². The third-order valence-electron chi connectivity index (χ3n) is 5.80. The Morgan fingerprint density at radius 2 is 1.57 bits per heavy atom. The number of quaternary nitrogens is 1. The van der Waals surface area contributed by atoms with E-state index < -0.39 is 0 Å². The van der Waals surface area contributed by atoms with Crippen LogP contribution in [0.2, 0.25) is 0 Å². The molecule has 0 aromatic heterocycles. The third kappa shape index (κ3) is 4.98. The van der Waals surface area contributed by atoms with Crippen molar-refractivity contribution in [3.63, 3.8) is 0 Å². The van der Waals surface area contributed by atoms with Crippen LogP contribution < -0.4 is 9.96 Å². The van der Waals surface area contributed by atoms with Gasteiger partial charge < -0.3 is 15.2 Å². The number of carbonyl (C=O) groups excluding carboxylic acids is 1. The SMILES string of the molecule is O=C(CCN1CCN(c2ccc(Cc3ccccc3)cc2)CC1)[NH+]([O-])C1CC1. The van der Waals surface area contributed by atoms with Gasteiger partial charge in [0.15, 0.2) is 0 Å². The zero-order chi connectivity index (χ0) is 19.3. The molecule has 1 saturated carbocycles. The zero-order valence-corrected chi connectivity index (χ0v) is 16.3. The van der Waals surface area contributed by atoms with Crippen molar-refractivity contribution in [1.29, 1.82) is 0 Å². The summed E-state index contributed by atoms with van der Waals surface area (Å²) in [6.45, 7) is 4.51. The van der Waals surface area contributed by atoms with E-state index in [4.69, 9.17) is 0 Å². The third-order valence-corrected chi connectivity index (χ3v) is 5.80. The Kier molecular flexibility index (Phi) is 6.05. The molecule has 1 atom stereocenters. The van der Waals surface area contributed by atoms with Gasteiger partial charge in [0.05, 0.1) is 12.5 Å². The van der Waals surface area contributed by atoms with E-state index >= 15 is 0 Å². The second-order valence-corrected chi connectivity index (χ2v) is 7.97. The Bertz CT molecular complexity index is 766. The van der Waals surface area contributed by atoms with E-state index in [2.05, 4.69) is 58.3 Å². The molecule has 2 aromatic rings. The van der Waals surface area contributed by atoms with Crippen LogP contribution in [-0.4, -0.2) is 49.6 Å². The second kappa shape index (κ2) is 8.86. The van der Waals surface area contributed by atoms with Gasteiger partial charge in [-0.1, -0.05) is 42.5 Å². The molecule has 1 saturated heterocycles. The summed E-state index contributed by atoms with van der Waals surface area (Å²) in [5, 5.41) is 11.7. The molecule has 2 aromatic carbocycles. The number of amides is 1. The lowest BCUT2D eigenvalue weighted by molar-refractivity contribution is -0.777. The first-order valence-electron chi connectivity index (χ1n) is 10.4. The number of rotatable bonds is 7. The van der Waals surface area contributed by atoms with Crippen LogP contribution in [0.3, 0.4) is 0 Å². The topological polar surface area (TPSA) is 51.1 Å². The van der Waals surface area contributed by atoms with Crippen molar-refractivity contribution in [2.45, 2.75) is 31.7 Å². The van der Waals surface area contributed by atoms with Crippen LogP contribution in [0, 0.1) is 5.21 Å². The van der Waals surface area contributed by atoms with Gasteiger partial charge in [0, 0.05) is 51.3 Å². The number of anilines is 1. The van der Waals surface area contributed by atoms with Crippen molar-refractivity contribution in [1.82, 2.24) is 4.90 Å². The molecule has 5 nitrogen and oxygen atoms in total. The number of hydrogen-bond acceptors (Lipinski definition) is 4. The fourth-order valence-electron chi connectivity index (χ4n) is 3.84. The molecule has 148 valence electrons. The Labute approximate surface area is 167 Å². The van der Waals surface area contributed by atoms with Crippen molar-refractivity contribution < 1.29 is 9.86 Å². The summed E-state index contributed by atoms with van der Waals surface area (Å²) in [5.41, 5.74) is 3.92. The lowest BCUT2D eigenvalue weighted by Gasteiger charge is -2.36. The van der Waals surface area contributed by atoms with Crippen LogP contribution in [0.5, 0.6) is 0 Å². The fraction of sp³-hybridized carbons (Fsp3) is 0.435. The van der Waals surface area contributed by atoms with Gasteiger partial charge in [-0.05, 0) is 29.7 Å². The van der Waals surface area contributed by atoms with Crippen molar-refractivity contribution in [3.8, 4) is 0 Å². The highest BCUT2D eigenvalue weighted by Gasteiger charge is 2.32. The van der Waals surface area contributed by atoms with Gasteiger partial charge >= 0.3 is 5.91 Å². The highest BCUT2D eigenvalue weighted by Crippen LogP contribution is 2.19. The van der Waals surface area contributed by atoms with Crippen molar-refractivity contribution in [2.24, 2.45) is 0 Å². The normalized spacial score (nSPS) is 18.8. The molecule has 1 aliphatic heterocycles. The predicted molar refractivity (Wildman–Crippen MR) is 111 cm³/mol. The smallest absolute Gasteiger partial charge is 0.313 e. The van der Waals surface area contributed by atoms with Crippen LogP contribution in [0.4, 0.5) is 5.69 Å². The Morgan fingerprint density at radius 3 is 2.21 bits per heavy atom. The van der Waals surface area contributed by atoms with E-state index in [0.717, 1.165) is 45.4 Å². The molecule has 1 unspecified atom stereocenters. The molecular weight excluding hydrogens is 350 g/mol. The van der Waals surface area contributed by atoms with Crippen molar-refractivity contribution in [3.05, 3.63) is 70.9 Å². The average molecular weight is 380 g/mol. The summed E-state index contributed by atoms with van der Waals surface area (Å²) in [6.07, 6.45) is 3.16. The number of benzene rings is 2. The van der Waals surface area contributed by atoms with Gasteiger partial charge in [-0.3, -0.25) is 4.90 Å². The maximum atomic E-state index is 11.9. The van der Waals surface area contributed by atoms with E-state index in [-0.39, 0.29) is 17.0 Å². The number of nitrogens with one attached hydrogen (secondary N) is 1. The largest absolute Gasteiger partial charge is 0.627 e. The van der Waals surface area contributed by atoms with Crippen molar-refractivity contribution >= 4 is 11.6 Å². The quantitative estimate of drug-likeness (QED) is 0.746. The Morgan fingerprint density at radius 1 is 0.929 bits per heavy atom. The molecule has 2 fully saturated rings. The fourth-order valence-corrected chi connectivity index (χ4v) is 3.84. The van der Waals surface area contributed by atoms with Crippen LogP contribution in [0.15, 0.2) is 54.6 Å². The maximum Gasteiger partial charge on any atom is 0.313 e. The summed E-state index contributed by atoms with van der Waals surface area (Å²) < 4.78 is 0. The maximum absolute atomic E-state index is 11.9. The zero-order valence-electron chi connectivity index (χ0n) is 16.3. The number of carbonyl (C=O) groups is 1. The van der Waals surface area contributed by atoms with E-state index in [1.807, 2.05) is 6.07 Å². The predicted octanol–water partition coefficient (Wildman–Crippen LogP) is 1.86. The van der Waals surface area contributed by atoms with Gasteiger partial charge in [-0.2, -0.15) is 0 Å². The van der Waals surface area contributed by atoms with Crippen LogP contribution >= 0.6 is 0 Å². The van der Waals surface area contributed by atoms with E-state index in [1.54, 1.807) is 0 Å². The molecule has 5 heteroatoms. The number of piperazine rings is 1. The summed E-state index contributed by atoms with van der Waals surface area (Å²) in [6, 6.07) is 19.5. The van der Waals surface area contributed by atoms with E-state index in [1.165, 1.54) is 16.8 Å². The second-order valence-electron chi connectivity index (χ2n) is 7.97. The Hall–Kier alpha value is -2.21. The molecule has 0 bridgehead atoms. The summed E-state index contributed by atoms with van der Waals surface area (Å²) in [4.78, 5) is 16.6. The minimum absolute atomic E-state index is 0.0502. The van der Waals surface area contributed by atoms with Gasteiger partial charge in [0.1, 0.15) is 0 Å². The van der Waals surface area contributed by atoms with Gasteiger partial charge in [0.2, 0.25) is 0 Å². The standard InChI is InChI=1S/C23H29N3O2/c27-23(26(28)22-10-11-22)12-13-24-14-16-25(17-15-24)21-8-6-20(7-9-21)18-19-4-2-1-3-5-19/h1-9,22,26H,10-18H2. The number of hydroxylamine groups is 2. The van der Waals surface area contributed by atoms with Gasteiger partial charge in [-0.15, -0.1) is 0 Å². The molecular formula is C23H29N3O2. The molecule has 1 amide bonds. The first-order valence-corrected chi connectivity index (χ1v) is 10.4. The van der Waals surface area contributed by atoms with Crippen molar-refractivity contribution in [2.75, 3.05) is 37.6 Å². The lowest BCUT2D eigenvalue weighted by Crippen LogP contribution is -3.11. The summed E-state index contributed by atoms with van der Waals surface area (Å²) in [5.74, 6) is -0.168. The average Bonchev–Trinajstić information content (AvgIpc) is 3.59. The highest BCUT2D eigenvalue weighted by atomic mass is 16.5. The van der Waals surface area contributed by atoms with Crippen LogP contribution in [-0.2, 0) is 11.2 Å². The minimum atomic E-state index is -0.168. The molecule has 4 rings (SSSR count). The Balaban J connectivity index is 1.22. The lowest BCUT2D eigenvalue weighted by atomic mass is 10.0. The molecule has 2 aliphatic rings. The molecule has 1 N–H and O–H groups in total. The summed E-state index contributed by atoms with van der Waals surface area (Å²) >= 11 is 0. The van der Waals surface area contributed by atoms with E-state index in [9.17, 15) is 10.0 Å². The molecule has 0 spiro atoms.